The second-order valence-corrected chi connectivity index (χ2v) is 8.59. The van der Waals surface area contributed by atoms with Crippen molar-refractivity contribution in [1.29, 1.82) is 0 Å². The van der Waals surface area contributed by atoms with Crippen molar-refractivity contribution in [2.24, 2.45) is 0 Å². The predicted molar refractivity (Wildman–Crippen MR) is 128 cm³/mol. The zero-order valence-corrected chi connectivity index (χ0v) is 18.4. The van der Waals surface area contributed by atoms with Crippen LogP contribution in [-0.2, 0) is 16.0 Å². The molecule has 0 saturated carbocycles. The number of fused-ring (bicyclic) bond motifs is 1. The average molecular weight is 433 g/mol. The van der Waals surface area contributed by atoms with Crippen LogP contribution in [0.5, 0.6) is 0 Å². The number of rotatable bonds is 11. The van der Waals surface area contributed by atoms with Gasteiger partial charge in [-0.05, 0) is 41.5 Å². The fourth-order valence-corrected chi connectivity index (χ4v) is 4.66. The Hall–Kier alpha value is -2.89. The Kier molecular flexibility index (Phi) is 7.53. The first-order valence-corrected chi connectivity index (χ1v) is 11.7. The van der Waals surface area contributed by atoms with E-state index in [1.165, 1.54) is 21.4 Å². The van der Waals surface area contributed by atoms with E-state index in [1.54, 1.807) is 11.3 Å². The molecular weight excluding hydrogens is 404 g/mol. The topological polar surface area (TPSA) is 54.1 Å². The number of carbonyl (C=O) groups excluding carboxylic acids is 1. The number of aromatic nitrogens is 1. The van der Waals surface area contributed by atoms with Crippen LogP contribution in [0.4, 0.5) is 0 Å². The number of hydrogen-bond donors (Lipinski definition) is 2. The van der Waals surface area contributed by atoms with Crippen LogP contribution in [0.2, 0.25) is 0 Å². The fraction of sp³-hybridized carbons (Fsp3) is 0.269. The van der Waals surface area contributed by atoms with Crippen LogP contribution in [0.25, 0.3) is 10.9 Å². The molecule has 2 N–H and O–H groups in total. The van der Waals surface area contributed by atoms with Crippen molar-refractivity contribution >= 4 is 28.1 Å². The molecule has 1 amide bonds. The largest absolute Gasteiger partial charge is 0.381 e. The monoisotopic (exact) mass is 432 g/mol. The summed E-state index contributed by atoms with van der Waals surface area (Å²) in [6, 6.07) is 22.8. The van der Waals surface area contributed by atoms with Crippen LogP contribution in [0, 0.1) is 0 Å². The van der Waals surface area contributed by atoms with Gasteiger partial charge in [0.15, 0.2) is 0 Å². The minimum Gasteiger partial charge on any atom is -0.381 e. The molecule has 0 fully saturated rings. The highest BCUT2D eigenvalue weighted by Gasteiger charge is 2.19. The Balaban J connectivity index is 1.24. The molecular formula is C26H28N2O2S. The van der Waals surface area contributed by atoms with Gasteiger partial charge >= 0.3 is 0 Å². The van der Waals surface area contributed by atoms with Gasteiger partial charge in [-0.2, -0.15) is 0 Å². The summed E-state index contributed by atoms with van der Waals surface area (Å²) >= 11 is 1.73. The van der Waals surface area contributed by atoms with Crippen LogP contribution >= 0.6 is 11.3 Å². The maximum atomic E-state index is 12.4. The second kappa shape index (κ2) is 10.9. The van der Waals surface area contributed by atoms with E-state index in [2.05, 4.69) is 64.3 Å². The molecule has 160 valence electrons. The number of H-pyrrole nitrogens is 1. The lowest BCUT2D eigenvalue weighted by molar-refractivity contribution is -0.121. The van der Waals surface area contributed by atoms with Gasteiger partial charge in [-0.1, -0.05) is 54.6 Å². The summed E-state index contributed by atoms with van der Waals surface area (Å²) in [4.78, 5) is 17.1. The highest BCUT2D eigenvalue weighted by atomic mass is 32.1. The van der Waals surface area contributed by atoms with Crippen LogP contribution in [-0.4, -0.2) is 30.6 Å². The second-order valence-electron chi connectivity index (χ2n) is 7.61. The standard InChI is InChI=1S/C26H28N2O2S/c29-26(13-6-15-30-16-14-20-8-2-1-3-9-20)28-19-23(25-12-7-17-31-25)22-18-27-24-11-5-4-10-21(22)24/h1-5,7-12,17-18,23,27H,6,13-16,19H2,(H,28,29). The van der Waals surface area contributed by atoms with Gasteiger partial charge in [-0.25, -0.2) is 0 Å². The SMILES string of the molecule is O=C(CCCOCCc1ccccc1)NCC(c1cccs1)c1c[nH]c2ccccc12. The molecule has 2 aromatic carbocycles. The molecule has 0 aliphatic heterocycles. The summed E-state index contributed by atoms with van der Waals surface area (Å²) in [5.74, 6) is 0.218. The third-order valence-corrected chi connectivity index (χ3v) is 6.44. The number of nitrogens with one attached hydrogen (secondary N) is 2. The van der Waals surface area contributed by atoms with Gasteiger partial charge in [0.05, 0.1) is 6.61 Å². The van der Waals surface area contributed by atoms with E-state index < -0.39 is 0 Å². The number of amides is 1. The van der Waals surface area contributed by atoms with Gasteiger partial charge in [-0.3, -0.25) is 4.79 Å². The van der Waals surface area contributed by atoms with Crippen molar-refractivity contribution < 1.29 is 9.53 Å². The van der Waals surface area contributed by atoms with E-state index in [4.69, 9.17) is 4.74 Å². The number of benzene rings is 2. The molecule has 0 saturated heterocycles. The van der Waals surface area contributed by atoms with Gasteiger partial charge in [0, 0.05) is 47.5 Å². The summed E-state index contributed by atoms with van der Waals surface area (Å²) in [6.07, 6.45) is 4.19. The summed E-state index contributed by atoms with van der Waals surface area (Å²) < 4.78 is 5.70. The van der Waals surface area contributed by atoms with E-state index in [1.807, 2.05) is 24.3 Å². The maximum absolute atomic E-state index is 12.4. The molecule has 31 heavy (non-hydrogen) atoms. The van der Waals surface area contributed by atoms with Crippen molar-refractivity contribution in [3.05, 3.63) is 94.3 Å². The lowest BCUT2D eigenvalue weighted by Gasteiger charge is -2.16. The number of para-hydroxylation sites is 1. The molecule has 1 unspecified atom stereocenters. The molecule has 4 aromatic rings. The van der Waals surface area contributed by atoms with E-state index >= 15 is 0 Å². The molecule has 4 nitrogen and oxygen atoms in total. The molecule has 0 aliphatic carbocycles. The Morgan fingerprint density at radius 3 is 2.68 bits per heavy atom. The van der Waals surface area contributed by atoms with Gasteiger partial charge in [-0.15, -0.1) is 11.3 Å². The Morgan fingerprint density at radius 2 is 1.84 bits per heavy atom. The number of aromatic amines is 1. The van der Waals surface area contributed by atoms with E-state index in [0.29, 0.717) is 26.2 Å². The van der Waals surface area contributed by atoms with Crippen molar-refractivity contribution in [3.63, 3.8) is 0 Å². The van der Waals surface area contributed by atoms with Crippen molar-refractivity contribution in [1.82, 2.24) is 10.3 Å². The number of ether oxygens (including phenoxy) is 1. The van der Waals surface area contributed by atoms with Crippen LogP contribution in [0.3, 0.4) is 0 Å². The van der Waals surface area contributed by atoms with E-state index in [9.17, 15) is 4.79 Å². The predicted octanol–water partition coefficient (Wildman–Crippen LogP) is 5.52. The molecule has 2 heterocycles. The third kappa shape index (κ3) is 5.84. The zero-order chi connectivity index (χ0) is 21.3. The zero-order valence-electron chi connectivity index (χ0n) is 17.6. The summed E-state index contributed by atoms with van der Waals surface area (Å²) in [6.45, 7) is 1.89. The molecule has 0 radical (unpaired) electrons. The molecule has 0 spiro atoms. The maximum Gasteiger partial charge on any atom is 0.220 e. The number of thiophene rings is 1. The first-order chi connectivity index (χ1) is 15.3. The van der Waals surface area contributed by atoms with Gasteiger partial charge in [0.2, 0.25) is 5.91 Å². The van der Waals surface area contributed by atoms with Crippen molar-refractivity contribution in [2.45, 2.75) is 25.2 Å². The molecule has 4 rings (SSSR count). The van der Waals surface area contributed by atoms with E-state index in [0.717, 1.165) is 18.4 Å². The smallest absolute Gasteiger partial charge is 0.220 e. The Morgan fingerprint density at radius 1 is 1.00 bits per heavy atom. The third-order valence-electron chi connectivity index (χ3n) is 5.46. The normalized spacial score (nSPS) is 12.1. The number of carbonyl (C=O) groups is 1. The summed E-state index contributed by atoms with van der Waals surface area (Å²) in [5.41, 5.74) is 3.62. The Labute approximate surface area is 187 Å². The molecule has 0 aliphatic rings. The summed E-state index contributed by atoms with van der Waals surface area (Å²) in [5, 5.41) is 6.44. The van der Waals surface area contributed by atoms with Gasteiger partial charge in [0.25, 0.3) is 0 Å². The highest BCUT2D eigenvalue weighted by Crippen LogP contribution is 2.32. The van der Waals surface area contributed by atoms with Crippen molar-refractivity contribution in [2.75, 3.05) is 19.8 Å². The summed E-state index contributed by atoms with van der Waals surface area (Å²) in [7, 11) is 0. The minimum atomic E-state index is 0.0769. The van der Waals surface area contributed by atoms with Crippen LogP contribution < -0.4 is 5.32 Å². The van der Waals surface area contributed by atoms with Crippen LogP contribution in [0.1, 0.15) is 34.8 Å². The van der Waals surface area contributed by atoms with Crippen molar-refractivity contribution in [3.8, 4) is 0 Å². The quantitative estimate of drug-likeness (QED) is 0.307. The molecule has 5 heteroatoms. The Bertz CT molecular complexity index is 1070. The lowest BCUT2D eigenvalue weighted by Crippen LogP contribution is -2.28. The first-order valence-electron chi connectivity index (χ1n) is 10.8. The molecule has 0 bridgehead atoms. The van der Waals surface area contributed by atoms with Gasteiger partial charge < -0.3 is 15.0 Å². The number of hydrogen-bond acceptors (Lipinski definition) is 3. The lowest BCUT2D eigenvalue weighted by atomic mass is 9.96. The van der Waals surface area contributed by atoms with E-state index in [-0.39, 0.29) is 11.8 Å². The average Bonchev–Trinajstić information content (AvgIpc) is 3.48. The minimum absolute atomic E-state index is 0.0769. The molecule has 2 aromatic heterocycles. The van der Waals surface area contributed by atoms with Crippen LogP contribution in [0.15, 0.2) is 78.3 Å². The van der Waals surface area contributed by atoms with Gasteiger partial charge in [0.1, 0.15) is 0 Å². The highest BCUT2D eigenvalue weighted by molar-refractivity contribution is 7.10. The fourth-order valence-electron chi connectivity index (χ4n) is 3.81. The first kappa shape index (κ1) is 21.3. The molecule has 1 atom stereocenters.